The minimum Gasteiger partial charge on any atom is -0.497 e. The summed E-state index contributed by atoms with van der Waals surface area (Å²) in [5, 5.41) is 9.17. The quantitative estimate of drug-likeness (QED) is 0.262. The van der Waals surface area contributed by atoms with E-state index in [1.165, 1.54) is 43.5 Å². The van der Waals surface area contributed by atoms with Crippen LogP contribution in [-0.4, -0.2) is 37.3 Å². The van der Waals surface area contributed by atoms with Gasteiger partial charge in [0.25, 0.3) is 5.69 Å². The molecule has 0 spiro atoms. The third kappa shape index (κ3) is 5.32. The first kappa shape index (κ1) is 23.8. The fourth-order valence-corrected chi connectivity index (χ4v) is 4.89. The van der Waals surface area contributed by atoms with E-state index in [1.807, 2.05) is 0 Å². The molecule has 9 heteroatoms. The van der Waals surface area contributed by atoms with Crippen LogP contribution in [0.2, 0.25) is 0 Å². The maximum Gasteiger partial charge on any atom is 0.269 e. The van der Waals surface area contributed by atoms with Crippen LogP contribution in [0.3, 0.4) is 0 Å². The fourth-order valence-electron chi connectivity index (χ4n) is 3.25. The molecule has 0 saturated carbocycles. The van der Waals surface area contributed by atoms with Gasteiger partial charge in [0.05, 0.1) is 16.9 Å². The van der Waals surface area contributed by atoms with Gasteiger partial charge in [-0.25, -0.2) is 8.42 Å². The average Bonchev–Trinajstić information content (AvgIpc) is 2.82. The van der Waals surface area contributed by atoms with Crippen LogP contribution in [0.5, 0.6) is 5.75 Å². The standard InChI is InChI=1S/C24H21NO7S/c1-16-6-12-21(13-7-16)33(30,31)23(24(27)18-4-3-5-20(14-18)32-2)15-22(26)17-8-10-19(11-9-17)25(28)29/h3-14,23H,15H2,1-2H3/t23-/m0/s1. The van der Waals surface area contributed by atoms with Gasteiger partial charge in [0.2, 0.25) is 0 Å². The number of carbonyl (C=O) groups is 2. The van der Waals surface area contributed by atoms with Crippen LogP contribution in [-0.2, 0) is 9.84 Å². The molecule has 0 N–H and O–H groups in total. The lowest BCUT2D eigenvalue weighted by Gasteiger charge is -2.17. The molecule has 170 valence electrons. The number of sulfone groups is 1. The normalized spacial score (nSPS) is 12.1. The van der Waals surface area contributed by atoms with Crippen LogP contribution in [0.1, 0.15) is 32.7 Å². The molecular weight excluding hydrogens is 446 g/mol. The molecule has 1 atom stereocenters. The van der Waals surface area contributed by atoms with Gasteiger partial charge in [-0.05, 0) is 43.3 Å². The van der Waals surface area contributed by atoms with Crippen molar-refractivity contribution in [2.24, 2.45) is 0 Å². The van der Waals surface area contributed by atoms with Crippen LogP contribution in [0, 0.1) is 17.0 Å². The molecule has 0 saturated heterocycles. The number of methoxy groups -OCH3 is 1. The van der Waals surface area contributed by atoms with Gasteiger partial charge in [-0.1, -0.05) is 29.8 Å². The van der Waals surface area contributed by atoms with Crippen molar-refractivity contribution in [2.75, 3.05) is 7.11 Å². The molecule has 0 radical (unpaired) electrons. The van der Waals surface area contributed by atoms with Crippen LogP contribution >= 0.6 is 0 Å². The van der Waals surface area contributed by atoms with E-state index in [2.05, 4.69) is 0 Å². The molecule has 0 unspecified atom stereocenters. The molecule has 0 heterocycles. The van der Waals surface area contributed by atoms with E-state index >= 15 is 0 Å². The number of nitro groups is 1. The monoisotopic (exact) mass is 467 g/mol. The van der Waals surface area contributed by atoms with E-state index in [-0.39, 0.29) is 21.7 Å². The first-order chi connectivity index (χ1) is 15.6. The van der Waals surface area contributed by atoms with Crippen molar-refractivity contribution in [2.45, 2.75) is 23.5 Å². The Morgan fingerprint density at radius 1 is 0.970 bits per heavy atom. The summed E-state index contributed by atoms with van der Waals surface area (Å²) >= 11 is 0. The summed E-state index contributed by atoms with van der Waals surface area (Å²) in [6.07, 6.45) is -0.621. The number of nitro benzene ring substituents is 1. The molecule has 33 heavy (non-hydrogen) atoms. The summed E-state index contributed by atoms with van der Waals surface area (Å²) in [5.41, 5.74) is 0.795. The molecule has 0 aliphatic rings. The molecule has 3 aromatic rings. The Hall–Kier alpha value is -3.85. The molecule has 0 aromatic heterocycles. The second-order valence-corrected chi connectivity index (χ2v) is 9.50. The number of benzene rings is 3. The zero-order valence-corrected chi connectivity index (χ0v) is 18.7. The van der Waals surface area contributed by atoms with Gasteiger partial charge >= 0.3 is 0 Å². The first-order valence-corrected chi connectivity index (χ1v) is 11.4. The third-order valence-corrected chi connectivity index (χ3v) is 7.20. The number of hydrogen-bond acceptors (Lipinski definition) is 7. The zero-order valence-electron chi connectivity index (χ0n) is 17.9. The van der Waals surface area contributed by atoms with Crippen molar-refractivity contribution < 1.29 is 27.7 Å². The smallest absolute Gasteiger partial charge is 0.269 e. The van der Waals surface area contributed by atoms with E-state index in [4.69, 9.17) is 4.74 Å². The van der Waals surface area contributed by atoms with Crippen molar-refractivity contribution in [1.82, 2.24) is 0 Å². The van der Waals surface area contributed by atoms with E-state index in [9.17, 15) is 28.1 Å². The summed E-state index contributed by atoms with van der Waals surface area (Å²) in [6, 6.07) is 16.8. The molecule has 3 rings (SSSR count). The van der Waals surface area contributed by atoms with Gasteiger partial charge in [0.1, 0.15) is 11.0 Å². The van der Waals surface area contributed by atoms with E-state index < -0.39 is 38.0 Å². The second-order valence-electron chi connectivity index (χ2n) is 7.37. The number of aryl methyl sites for hydroxylation is 1. The lowest BCUT2D eigenvalue weighted by molar-refractivity contribution is -0.384. The summed E-state index contributed by atoms with van der Waals surface area (Å²) in [5.74, 6) is -0.999. The topological polar surface area (TPSA) is 121 Å². The predicted molar refractivity (Wildman–Crippen MR) is 122 cm³/mol. The van der Waals surface area contributed by atoms with E-state index in [0.717, 1.165) is 17.7 Å². The van der Waals surface area contributed by atoms with Crippen LogP contribution in [0.15, 0.2) is 77.7 Å². The van der Waals surface area contributed by atoms with Crippen molar-refractivity contribution in [3.05, 3.63) is 99.6 Å². The van der Waals surface area contributed by atoms with Gasteiger partial charge in [0, 0.05) is 29.7 Å². The molecule has 3 aromatic carbocycles. The number of non-ortho nitro benzene ring substituents is 1. The number of ether oxygens (including phenoxy) is 1. The molecule has 0 aliphatic heterocycles. The average molecular weight is 467 g/mol. The maximum absolute atomic E-state index is 13.4. The number of ketones is 2. The van der Waals surface area contributed by atoms with Gasteiger partial charge in [-0.3, -0.25) is 19.7 Å². The number of nitrogens with zero attached hydrogens (tertiary/aromatic N) is 1. The van der Waals surface area contributed by atoms with E-state index in [0.29, 0.717) is 5.75 Å². The Morgan fingerprint density at radius 3 is 2.18 bits per heavy atom. The summed E-state index contributed by atoms with van der Waals surface area (Å²) in [4.78, 5) is 36.4. The maximum atomic E-state index is 13.4. The zero-order chi connectivity index (χ0) is 24.2. The lowest BCUT2D eigenvalue weighted by atomic mass is 10.0. The highest BCUT2D eigenvalue weighted by Crippen LogP contribution is 2.26. The van der Waals surface area contributed by atoms with Crippen LogP contribution in [0.4, 0.5) is 5.69 Å². The molecule has 8 nitrogen and oxygen atoms in total. The highest BCUT2D eigenvalue weighted by Gasteiger charge is 2.36. The number of rotatable bonds is 9. The Balaban J connectivity index is 2.02. The second kappa shape index (κ2) is 9.74. The number of hydrogen-bond donors (Lipinski definition) is 0. The highest BCUT2D eigenvalue weighted by molar-refractivity contribution is 7.92. The Morgan fingerprint density at radius 2 is 1.61 bits per heavy atom. The van der Waals surface area contributed by atoms with Crippen LogP contribution < -0.4 is 4.74 Å². The predicted octanol–water partition coefficient (Wildman–Crippen LogP) is 4.21. The van der Waals surface area contributed by atoms with Gasteiger partial charge in [0.15, 0.2) is 21.4 Å². The summed E-state index contributed by atoms with van der Waals surface area (Å²) in [6.45, 7) is 1.80. The van der Waals surface area contributed by atoms with Crippen molar-refractivity contribution in [3.63, 3.8) is 0 Å². The van der Waals surface area contributed by atoms with Crippen molar-refractivity contribution in [1.29, 1.82) is 0 Å². The van der Waals surface area contributed by atoms with Crippen molar-refractivity contribution in [3.8, 4) is 5.75 Å². The largest absolute Gasteiger partial charge is 0.497 e. The van der Waals surface area contributed by atoms with Crippen LogP contribution in [0.25, 0.3) is 0 Å². The molecule has 0 bridgehead atoms. The van der Waals surface area contributed by atoms with Gasteiger partial charge in [-0.2, -0.15) is 0 Å². The first-order valence-electron chi connectivity index (χ1n) is 9.90. The summed E-state index contributed by atoms with van der Waals surface area (Å²) in [7, 11) is -2.81. The fraction of sp³-hybridized carbons (Fsp3) is 0.167. The van der Waals surface area contributed by atoms with E-state index in [1.54, 1.807) is 31.2 Å². The number of carbonyl (C=O) groups excluding carboxylic acids is 2. The lowest BCUT2D eigenvalue weighted by Crippen LogP contribution is -2.33. The van der Waals surface area contributed by atoms with Gasteiger partial charge in [-0.15, -0.1) is 0 Å². The molecule has 0 aliphatic carbocycles. The molecule has 0 amide bonds. The minimum absolute atomic E-state index is 0.0724. The Labute approximate surface area is 190 Å². The number of Topliss-reactive ketones (excluding diaryl/α,β-unsaturated/α-hetero) is 2. The third-order valence-electron chi connectivity index (χ3n) is 5.14. The highest BCUT2D eigenvalue weighted by atomic mass is 32.2. The summed E-state index contributed by atoms with van der Waals surface area (Å²) < 4.78 is 32.0. The Bertz CT molecular complexity index is 1300. The van der Waals surface area contributed by atoms with Gasteiger partial charge < -0.3 is 4.74 Å². The molecule has 0 fully saturated rings. The van der Waals surface area contributed by atoms with Crippen molar-refractivity contribution >= 4 is 27.1 Å². The molecular formula is C24H21NO7S. The minimum atomic E-state index is -4.23. The SMILES string of the molecule is COc1cccc(C(=O)[C@H](CC(=O)c2ccc([N+](=O)[O-])cc2)S(=O)(=O)c2ccc(C)cc2)c1. The Kier molecular flexibility index (Phi) is 7.03.